The predicted molar refractivity (Wildman–Crippen MR) is 97.7 cm³/mol. The van der Waals surface area contributed by atoms with E-state index in [1.807, 2.05) is 50.4 Å². The lowest BCUT2D eigenvalue weighted by Crippen LogP contribution is -2.50. The van der Waals surface area contributed by atoms with Crippen LogP contribution in [0.1, 0.15) is 34.5 Å². The summed E-state index contributed by atoms with van der Waals surface area (Å²) >= 11 is 0. The maximum atomic E-state index is 13.1. The zero-order chi connectivity index (χ0) is 17.4. The van der Waals surface area contributed by atoms with Gasteiger partial charge in [-0.1, -0.05) is 18.2 Å². The molecule has 0 N–H and O–H groups in total. The summed E-state index contributed by atoms with van der Waals surface area (Å²) < 4.78 is 0. The lowest BCUT2D eigenvalue weighted by atomic mass is 9.92. The Bertz CT molecular complexity index is 791. The zero-order valence-corrected chi connectivity index (χ0v) is 14.9. The molecule has 1 aromatic heterocycles. The van der Waals surface area contributed by atoms with Gasteiger partial charge in [0.15, 0.2) is 0 Å². The predicted octanol–water partition coefficient (Wildman–Crippen LogP) is 2.83. The van der Waals surface area contributed by atoms with Crippen LogP contribution in [0.2, 0.25) is 0 Å². The number of rotatable bonds is 2. The van der Waals surface area contributed by atoms with Crippen LogP contribution in [0.5, 0.6) is 0 Å². The van der Waals surface area contributed by atoms with E-state index >= 15 is 0 Å². The van der Waals surface area contributed by atoms with Crippen molar-refractivity contribution in [1.29, 1.82) is 0 Å². The van der Waals surface area contributed by atoms with E-state index in [2.05, 4.69) is 19.8 Å². The van der Waals surface area contributed by atoms with Gasteiger partial charge in [0.25, 0.3) is 5.91 Å². The fraction of sp³-hybridized carbons (Fsp3) is 0.450. The number of benzene rings is 1. The highest BCUT2D eigenvalue weighted by atomic mass is 16.2. The molecule has 130 valence electrons. The van der Waals surface area contributed by atoms with Crippen LogP contribution in [-0.4, -0.2) is 46.5 Å². The van der Waals surface area contributed by atoms with E-state index in [9.17, 15) is 4.79 Å². The normalized spacial score (nSPS) is 22.8. The zero-order valence-electron chi connectivity index (χ0n) is 14.9. The van der Waals surface area contributed by atoms with Crippen molar-refractivity contribution >= 4 is 11.9 Å². The molecule has 5 heteroatoms. The number of likely N-dealkylation sites (tertiary alicyclic amines) is 1. The second-order valence-electron chi connectivity index (χ2n) is 7.16. The Morgan fingerprint density at radius 3 is 2.72 bits per heavy atom. The molecule has 2 aliphatic heterocycles. The van der Waals surface area contributed by atoms with E-state index in [0.29, 0.717) is 5.92 Å². The van der Waals surface area contributed by atoms with E-state index in [0.717, 1.165) is 55.2 Å². The number of fused-ring (bicyclic) bond motifs is 1. The molecule has 2 aromatic rings. The Morgan fingerprint density at radius 1 is 1.12 bits per heavy atom. The smallest absolute Gasteiger partial charge is 0.254 e. The van der Waals surface area contributed by atoms with Crippen LogP contribution in [0.25, 0.3) is 0 Å². The van der Waals surface area contributed by atoms with Crippen molar-refractivity contribution in [2.45, 2.75) is 32.7 Å². The summed E-state index contributed by atoms with van der Waals surface area (Å²) in [5.74, 6) is 1.54. The summed E-state index contributed by atoms with van der Waals surface area (Å²) in [5.41, 5.74) is 2.85. The van der Waals surface area contributed by atoms with Gasteiger partial charge in [-0.2, -0.15) is 0 Å². The minimum Gasteiger partial charge on any atom is -0.339 e. The van der Waals surface area contributed by atoms with Crippen molar-refractivity contribution in [3.05, 3.63) is 53.3 Å². The summed E-state index contributed by atoms with van der Waals surface area (Å²) in [7, 11) is 0. The lowest BCUT2D eigenvalue weighted by Gasteiger charge is -2.38. The van der Waals surface area contributed by atoms with E-state index < -0.39 is 0 Å². The van der Waals surface area contributed by atoms with Crippen molar-refractivity contribution in [2.24, 2.45) is 5.92 Å². The Balaban J connectivity index is 1.56. The number of hydrogen-bond acceptors (Lipinski definition) is 4. The van der Waals surface area contributed by atoms with E-state index in [-0.39, 0.29) is 11.9 Å². The average Bonchev–Trinajstić information content (AvgIpc) is 3.04. The van der Waals surface area contributed by atoms with Crippen LogP contribution >= 0.6 is 0 Å². The lowest BCUT2D eigenvalue weighted by molar-refractivity contribution is 0.0711. The Labute approximate surface area is 148 Å². The van der Waals surface area contributed by atoms with Gasteiger partial charge in [0.05, 0.1) is 6.04 Å². The van der Waals surface area contributed by atoms with Crippen LogP contribution in [0, 0.1) is 19.8 Å². The minimum absolute atomic E-state index is 0.164. The first-order valence-corrected chi connectivity index (χ1v) is 9.04. The SMILES string of the molecule is Cc1ccnc(N2CCC3CCN(C(=O)c4ccccc4C)C3C2)n1. The van der Waals surface area contributed by atoms with Crippen molar-refractivity contribution in [3.63, 3.8) is 0 Å². The third kappa shape index (κ3) is 2.99. The molecule has 0 saturated carbocycles. The molecule has 5 nitrogen and oxygen atoms in total. The number of aromatic nitrogens is 2. The van der Waals surface area contributed by atoms with Crippen molar-refractivity contribution in [3.8, 4) is 0 Å². The highest BCUT2D eigenvalue weighted by Gasteiger charge is 2.41. The van der Waals surface area contributed by atoms with Crippen LogP contribution in [-0.2, 0) is 0 Å². The van der Waals surface area contributed by atoms with E-state index in [1.54, 1.807) is 0 Å². The highest BCUT2D eigenvalue weighted by molar-refractivity contribution is 5.96. The maximum Gasteiger partial charge on any atom is 0.254 e. The maximum absolute atomic E-state index is 13.1. The summed E-state index contributed by atoms with van der Waals surface area (Å²) in [6, 6.07) is 10.0. The van der Waals surface area contributed by atoms with Gasteiger partial charge in [-0.05, 0) is 50.3 Å². The van der Waals surface area contributed by atoms with Gasteiger partial charge in [-0.25, -0.2) is 9.97 Å². The van der Waals surface area contributed by atoms with E-state index in [1.165, 1.54) is 0 Å². The number of nitrogens with zero attached hydrogens (tertiary/aromatic N) is 4. The summed E-state index contributed by atoms with van der Waals surface area (Å²) in [4.78, 5) is 26.4. The molecular weight excluding hydrogens is 312 g/mol. The molecule has 0 spiro atoms. The van der Waals surface area contributed by atoms with Gasteiger partial charge < -0.3 is 9.80 Å². The molecule has 1 aromatic carbocycles. The third-order valence-corrected chi connectivity index (χ3v) is 5.56. The highest BCUT2D eigenvalue weighted by Crippen LogP contribution is 2.34. The van der Waals surface area contributed by atoms with E-state index in [4.69, 9.17) is 0 Å². The third-order valence-electron chi connectivity index (χ3n) is 5.56. The van der Waals surface area contributed by atoms with Crippen molar-refractivity contribution in [2.75, 3.05) is 24.5 Å². The molecule has 2 fully saturated rings. The first-order chi connectivity index (χ1) is 12.1. The molecule has 1 amide bonds. The molecule has 25 heavy (non-hydrogen) atoms. The monoisotopic (exact) mass is 336 g/mol. The van der Waals surface area contributed by atoms with Crippen molar-refractivity contribution in [1.82, 2.24) is 14.9 Å². The second-order valence-corrected chi connectivity index (χ2v) is 7.16. The number of aryl methyl sites for hydroxylation is 2. The Morgan fingerprint density at radius 2 is 1.92 bits per heavy atom. The molecule has 0 radical (unpaired) electrons. The van der Waals surface area contributed by atoms with Crippen LogP contribution in [0.15, 0.2) is 36.5 Å². The first kappa shape index (κ1) is 16.1. The molecule has 0 bridgehead atoms. The molecule has 0 aliphatic carbocycles. The van der Waals surface area contributed by atoms with Crippen LogP contribution in [0.4, 0.5) is 5.95 Å². The summed E-state index contributed by atoms with van der Waals surface area (Å²) in [6.07, 6.45) is 4.01. The molecule has 4 rings (SSSR count). The molecule has 2 saturated heterocycles. The minimum atomic E-state index is 0.164. The standard InChI is InChI=1S/C20H24N4O/c1-14-5-3-4-6-17(14)19(25)24-12-9-16-8-11-23(13-18(16)24)20-21-10-7-15(2)22-20/h3-7,10,16,18H,8-9,11-13H2,1-2H3. The molecular formula is C20H24N4O. The van der Waals surface area contributed by atoms with Gasteiger partial charge in [-0.3, -0.25) is 4.79 Å². The van der Waals surface area contributed by atoms with Gasteiger partial charge in [0.2, 0.25) is 5.95 Å². The number of hydrogen-bond donors (Lipinski definition) is 0. The largest absolute Gasteiger partial charge is 0.339 e. The Hall–Kier alpha value is -2.43. The first-order valence-electron chi connectivity index (χ1n) is 9.04. The molecule has 2 atom stereocenters. The van der Waals surface area contributed by atoms with Crippen LogP contribution < -0.4 is 4.90 Å². The summed E-state index contributed by atoms with van der Waals surface area (Å²) in [5, 5.41) is 0. The number of piperidine rings is 1. The van der Waals surface area contributed by atoms with Gasteiger partial charge in [0, 0.05) is 37.1 Å². The van der Waals surface area contributed by atoms with Gasteiger partial charge in [-0.15, -0.1) is 0 Å². The number of anilines is 1. The molecule has 2 aliphatic rings. The second kappa shape index (κ2) is 6.47. The van der Waals surface area contributed by atoms with Gasteiger partial charge in [0.1, 0.15) is 0 Å². The number of amides is 1. The fourth-order valence-electron chi connectivity index (χ4n) is 4.13. The number of carbonyl (C=O) groups excluding carboxylic acids is 1. The number of carbonyl (C=O) groups is 1. The quantitative estimate of drug-likeness (QED) is 0.846. The molecule has 2 unspecified atom stereocenters. The van der Waals surface area contributed by atoms with Crippen molar-refractivity contribution < 1.29 is 4.79 Å². The molecule has 3 heterocycles. The summed E-state index contributed by atoms with van der Waals surface area (Å²) in [6.45, 7) is 6.64. The Kier molecular flexibility index (Phi) is 4.15. The van der Waals surface area contributed by atoms with Gasteiger partial charge >= 0.3 is 0 Å². The average molecular weight is 336 g/mol. The topological polar surface area (TPSA) is 49.3 Å². The van der Waals surface area contributed by atoms with Crippen LogP contribution in [0.3, 0.4) is 0 Å². The fourth-order valence-corrected chi connectivity index (χ4v) is 4.13.